The SMILES string of the molecule is CC(NC(=O)CNC(=O)CCc1ccccc1)C(=O)NC(CC(=O)O)C(=O)Cn1nnc(Cc2c(Cl)cccc2Cl)n1. The number of carboxylic acids is 1. The normalized spacial score (nSPS) is 12.2. The molecule has 2 atom stereocenters. The van der Waals surface area contributed by atoms with Crippen molar-refractivity contribution < 1.29 is 29.1 Å². The maximum absolute atomic E-state index is 12.9. The third-order valence-corrected chi connectivity index (χ3v) is 6.68. The fraction of sp³-hybridized carbons (Fsp3) is 0.333. The van der Waals surface area contributed by atoms with Crippen molar-refractivity contribution in [2.24, 2.45) is 0 Å². The van der Waals surface area contributed by atoms with Crippen LogP contribution in [0.3, 0.4) is 0 Å². The molecule has 2 aromatic carbocycles. The van der Waals surface area contributed by atoms with E-state index < -0.39 is 48.6 Å². The van der Waals surface area contributed by atoms with E-state index >= 15 is 0 Å². The minimum absolute atomic E-state index is 0.146. The summed E-state index contributed by atoms with van der Waals surface area (Å²) in [6, 6.07) is 11.8. The molecule has 4 N–H and O–H groups in total. The van der Waals surface area contributed by atoms with Crippen LogP contribution in [0.5, 0.6) is 0 Å². The summed E-state index contributed by atoms with van der Waals surface area (Å²) < 4.78 is 0. The number of benzene rings is 2. The van der Waals surface area contributed by atoms with Crippen molar-refractivity contribution in [3.63, 3.8) is 0 Å². The molecular formula is C27H29Cl2N7O6. The molecule has 0 aliphatic carbocycles. The minimum atomic E-state index is -1.43. The minimum Gasteiger partial charge on any atom is -0.481 e. The molecule has 15 heteroatoms. The Bertz CT molecular complexity index is 1410. The van der Waals surface area contributed by atoms with E-state index in [4.69, 9.17) is 23.2 Å². The topological polar surface area (TPSA) is 185 Å². The number of tetrazole rings is 1. The molecule has 222 valence electrons. The van der Waals surface area contributed by atoms with Crippen LogP contribution in [0, 0.1) is 0 Å². The van der Waals surface area contributed by atoms with E-state index in [0.717, 1.165) is 10.4 Å². The number of halogens is 2. The van der Waals surface area contributed by atoms with Gasteiger partial charge in [0.2, 0.25) is 17.7 Å². The van der Waals surface area contributed by atoms with E-state index in [1.54, 1.807) is 18.2 Å². The first-order valence-corrected chi connectivity index (χ1v) is 13.6. The molecule has 0 bridgehead atoms. The summed E-state index contributed by atoms with van der Waals surface area (Å²) in [4.78, 5) is 62.1. The van der Waals surface area contributed by atoms with Crippen LogP contribution in [-0.2, 0) is 43.4 Å². The maximum Gasteiger partial charge on any atom is 0.305 e. The molecule has 0 fully saturated rings. The maximum atomic E-state index is 12.9. The second kappa shape index (κ2) is 15.6. The third kappa shape index (κ3) is 10.2. The summed E-state index contributed by atoms with van der Waals surface area (Å²) in [5.74, 6) is -3.57. The number of carboxylic acid groups (broad SMARTS) is 1. The second-order valence-corrected chi connectivity index (χ2v) is 10.1. The lowest BCUT2D eigenvalue weighted by Crippen LogP contribution is -2.52. The van der Waals surface area contributed by atoms with E-state index in [9.17, 15) is 29.1 Å². The van der Waals surface area contributed by atoms with Crippen LogP contribution in [0.25, 0.3) is 0 Å². The zero-order valence-electron chi connectivity index (χ0n) is 22.5. The number of carbonyl (C=O) groups is 5. The number of aliphatic carboxylic acids is 1. The lowest BCUT2D eigenvalue weighted by atomic mass is 10.1. The molecule has 42 heavy (non-hydrogen) atoms. The molecule has 3 aromatic rings. The van der Waals surface area contributed by atoms with Gasteiger partial charge >= 0.3 is 5.97 Å². The quantitative estimate of drug-likeness (QED) is 0.195. The Hall–Kier alpha value is -4.36. The van der Waals surface area contributed by atoms with Crippen LogP contribution >= 0.6 is 23.2 Å². The van der Waals surface area contributed by atoms with Crippen molar-refractivity contribution in [1.29, 1.82) is 0 Å². The number of aryl methyl sites for hydroxylation is 1. The molecular weight excluding hydrogens is 589 g/mol. The molecule has 0 saturated carbocycles. The van der Waals surface area contributed by atoms with Crippen molar-refractivity contribution in [2.45, 2.75) is 51.2 Å². The van der Waals surface area contributed by atoms with Gasteiger partial charge in [0.25, 0.3) is 0 Å². The van der Waals surface area contributed by atoms with E-state index in [1.165, 1.54) is 6.92 Å². The highest BCUT2D eigenvalue weighted by Gasteiger charge is 2.27. The van der Waals surface area contributed by atoms with Crippen molar-refractivity contribution in [2.75, 3.05) is 6.54 Å². The fourth-order valence-corrected chi connectivity index (χ4v) is 4.30. The van der Waals surface area contributed by atoms with Crippen molar-refractivity contribution >= 4 is 52.7 Å². The first-order chi connectivity index (χ1) is 20.0. The summed E-state index contributed by atoms with van der Waals surface area (Å²) in [6.45, 7) is 0.525. The molecule has 0 spiro atoms. The lowest BCUT2D eigenvalue weighted by molar-refractivity contribution is -0.140. The summed E-state index contributed by atoms with van der Waals surface area (Å²) in [5, 5.41) is 29.1. The molecule has 0 saturated heterocycles. The Morgan fingerprint density at radius 3 is 2.31 bits per heavy atom. The van der Waals surface area contributed by atoms with E-state index in [0.29, 0.717) is 22.0 Å². The van der Waals surface area contributed by atoms with Gasteiger partial charge in [0, 0.05) is 22.9 Å². The molecule has 3 amide bonds. The first-order valence-electron chi connectivity index (χ1n) is 12.9. The number of nitrogens with zero attached hydrogens (tertiary/aromatic N) is 4. The van der Waals surface area contributed by atoms with Gasteiger partial charge in [0.15, 0.2) is 11.6 Å². The van der Waals surface area contributed by atoms with E-state index in [1.807, 2.05) is 30.3 Å². The smallest absolute Gasteiger partial charge is 0.305 e. The zero-order chi connectivity index (χ0) is 30.6. The van der Waals surface area contributed by atoms with Gasteiger partial charge in [-0.1, -0.05) is 59.6 Å². The predicted octanol–water partition coefficient (Wildman–Crippen LogP) is 1.35. The average Bonchev–Trinajstić information content (AvgIpc) is 3.39. The summed E-state index contributed by atoms with van der Waals surface area (Å²) in [7, 11) is 0. The van der Waals surface area contributed by atoms with Crippen LogP contribution in [-0.4, -0.2) is 73.4 Å². The summed E-state index contributed by atoms with van der Waals surface area (Å²) in [5.41, 5.74) is 1.56. The monoisotopic (exact) mass is 617 g/mol. The average molecular weight is 618 g/mol. The third-order valence-electron chi connectivity index (χ3n) is 5.97. The Morgan fingerprint density at radius 2 is 1.64 bits per heavy atom. The molecule has 0 aliphatic heterocycles. The molecule has 1 aromatic heterocycles. The van der Waals surface area contributed by atoms with Gasteiger partial charge in [-0.2, -0.15) is 4.80 Å². The van der Waals surface area contributed by atoms with Gasteiger partial charge in [-0.25, -0.2) is 0 Å². The molecule has 1 heterocycles. The van der Waals surface area contributed by atoms with Gasteiger partial charge < -0.3 is 21.1 Å². The number of hydrogen-bond acceptors (Lipinski definition) is 8. The Balaban J connectivity index is 1.49. The number of nitrogens with one attached hydrogen (secondary N) is 3. The Labute approximate surface area is 250 Å². The summed E-state index contributed by atoms with van der Waals surface area (Å²) in [6.07, 6.45) is 0.127. The van der Waals surface area contributed by atoms with Crippen LogP contribution in [0.15, 0.2) is 48.5 Å². The second-order valence-electron chi connectivity index (χ2n) is 9.29. The standard InChI is InChI=1S/C27H29Cl2N7O6/c1-16(31-25(39)14-30-24(38)11-10-17-6-3-2-4-7-17)27(42)32-21(13-26(40)41)22(37)15-36-34-23(33-35-36)12-18-19(28)8-5-9-20(18)29/h2-9,16,21H,10-15H2,1H3,(H,30,38)(H,31,39)(H,32,42)(H,40,41). The predicted molar refractivity (Wildman–Crippen MR) is 152 cm³/mol. The highest BCUT2D eigenvalue weighted by molar-refractivity contribution is 6.36. The highest BCUT2D eigenvalue weighted by Crippen LogP contribution is 2.25. The van der Waals surface area contributed by atoms with E-state index in [-0.39, 0.29) is 31.1 Å². The van der Waals surface area contributed by atoms with Crippen LogP contribution in [0.2, 0.25) is 10.0 Å². The molecule has 0 radical (unpaired) electrons. The van der Waals surface area contributed by atoms with Crippen molar-refractivity contribution in [1.82, 2.24) is 36.2 Å². The van der Waals surface area contributed by atoms with Crippen LogP contribution in [0.4, 0.5) is 0 Å². The van der Waals surface area contributed by atoms with Gasteiger partial charge in [0.05, 0.1) is 13.0 Å². The number of amides is 3. The number of rotatable bonds is 15. The number of ketones is 1. The fourth-order valence-electron chi connectivity index (χ4n) is 3.77. The number of carbonyl (C=O) groups excluding carboxylic acids is 4. The van der Waals surface area contributed by atoms with Crippen LogP contribution < -0.4 is 16.0 Å². The molecule has 3 rings (SSSR count). The molecule has 13 nitrogen and oxygen atoms in total. The van der Waals surface area contributed by atoms with E-state index in [2.05, 4.69) is 31.4 Å². The first kappa shape index (κ1) is 32.2. The lowest BCUT2D eigenvalue weighted by Gasteiger charge is -2.19. The Morgan fingerprint density at radius 1 is 0.952 bits per heavy atom. The summed E-state index contributed by atoms with van der Waals surface area (Å²) >= 11 is 12.3. The largest absolute Gasteiger partial charge is 0.481 e. The Kier molecular flexibility index (Phi) is 11.9. The zero-order valence-corrected chi connectivity index (χ0v) is 24.1. The highest BCUT2D eigenvalue weighted by atomic mass is 35.5. The van der Waals surface area contributed by atoms with Gasteiger partial charge in [-0.3, -0.25) is 24.0 Å². The van der Waals surface area contributed by atoms with Crippen molar-refractivity contribution in [3.8, 4) is 0 Å². The number of Topliss-reactive ketones (excluding diaryl/α,β-unsaturated/α-hetero) is 1. The number of hydrogen-bond donors (Lipinski definition) is 4. The van der Waals surface area contributed by atoms with Gasteiger partial charge in [-0.05, 0) is 41.8 Å². The molecule has 0 aliphatic rings. The van der Waals surface area contributed by atoms with Gasteiger partial charge in [0.1, 0.15) is 18.6 Å². The van der Waals surface area contributed by atoms with Gasteiger partial charge in [-0.15, -0.1) is 10.2 Å². The number of aromatic nitrogens is 4. The van der Waals surface area contributed by atoms with Crippen LogP contribution in [0.1, 0.15) is 36.7 Å². The van der Waals surface area contributed by atoms with Crippen molar-refractivity contribution in [3.05, 3.63) is 75.5 Å². The molecule has 2 unspecified atom stereocenters.